The van der Waals surface area contributed by atoms with E-state index in [0.29, 0.717) is 10.5 Å². The van der Waals surface area contributed by atoms with Crippen molar-refractivity contribution >= 4 is 17.4 Å². The molecule has 0 aliphatic carbocycles. The van der Waals surface area contributed by atoms with Crippen molar-refractivity contribution < 1.29 is 4.39 Å². The summed E-state index contributed by atoms with van der Waals surface area (Å²) in [6.07, 6.45) is 1.53. The molecule has 0 radical (unpaired) electrons. The Morgan fingerprint density at radius 2 is 2.07 bits per heavy atom. The van der Waals surface area contributed by atoms with E-state index >= 15 is 0 Å². The summed E-state index contributed by atoms with van der Waals surface area (Å²) in [4.78, 5) is 5.81. The first-order valence-corrected chi connectivity index (χ1v) is 6.11. The van der Waals surface area contributed by atoms with Crippen LogP contribution in [0.5, 0.6) is 0 Å². The quantitative estimate of drug-likeness (QED) is 0.685. The van der Waals surface area contributed by atoms with E-state index in [1.165, 1.54) is 12.3 Å². The monoisotopic (exact) mass is 226 g/mol. The normalized spacial score (nSPS) is 26.7. The number of pyridine rings is 1. The van der Waals surface area contributed by atoms with Gasteiger partial charge < -0.3 is 4.90 Å². The summed E-state index contributed by atoms with van der Waals surface area (Å²) < 4.78 is 13.0. The number of hydrogen-bond donors (Lipinski definition) is 0. The number of thioether (sulfide) groups is 1. The van der Waals surface area contributed by atoms with E-state index in [9.17, 15) is 4.39 Å². The Bertz CT molecular complexity index is 335. The van der Waals surface area contributed by atoms with Gasteiger partial charge in [0.05, 0.1) is 0 Å². The first-order valence-electron chi connectivity index (χ1n) is 5.17. The van der Waals surface area contributed by atoms with Gasteiger partial charge in [0, 0.05) is 41.5 Å². The molecule has 0 bridgehead atoms. The SMILES string of the molecule is CC1CN(c2ccnc(F)c2)CC(C)S1. The van der Waals surface area contributed by atoms with Crippen LogP contribution in [0.1, 0.15) is 13.8 Å². The van der Waals surface area contributed by atoms with Gasteiger partial charge in [-0.3, -0.25) is 0 Å². The van der Waals surface area contributed by atoms with Gasteiger partial charge in [-0.15, -0.1) is 0 Å². The second-order valence-electron chi connectivity index (χ2n) is 4.00. The molecule has 0 spiro atoms. The Morgan fingerprint density at radius 1 is 1.40 bits per heavy atom. The smallest absolute Gasteiger partial charge is 0.214 e. The third-order valence-corrected chi connectivity index (χ3v) is 3.72. The standard InChI is InChI=1S/C11H15FN2S/c1-8-6-14(7-9(2)15-8)10-3-4-13-11(12)5-10/h3-5,8-9H,6-7H2,1-2H3. The molecule has 82 valence electrons. The molecule has 0 amide bonds. The number of aromatic nitrogens is 1. The molecule has 4 heteroatoms. The minimum absolute atomic E-state index is 0.397. The average Bonchev–Trinajstić information content (AvgIpc) is 2.16. The summed E-state index contributed by atoms with van der Waals surface area (Å²) in [6.45, 7) is 6.40. The number of halogens is 1. The maximum Gasteiger partial charge on any atom is 0.214 e. The number of rotatable bonds is 1. The van der Waals surface area contributed by atoms with Crippen LogP contribution in [0.2, 0.25) is 0 Å². The van der Waals surface area contributed by atoms with Crippen LogP contribution in [0.3, 0.4) is 0 Å². The van der Waals surface area contributed by atoms with Crippen LogP contribution in [-0.2, 0) is 0 Å². The highest BCUT2D eigenvalue weighted by atomic mass is 32.2. The molecule has 2 heterocycles. The zero-order chi connectivity index (χ0) is 10.8. The van der Waals surface area contributed by atoms with Crippen molar-refractivity contribution in [3.63, 3.8) is 0 Å². The fourth-order valence-electron chi connectivity index (χ4n) is 1.98. The van der Waals surface area contributed by atoms with Gasteiger partial charge in [0.1, 0.15) is 0 Å². The van der Waals surface area contributed by atoms with E-state index in [0.717, 1.165) is 18.8 Å². The molecule has 1 aromatic heterocycles. The highest BCUT2D eigenvalue weighted by molar-refractivity contribution is 8.00. The summed E-state index contributed by atoms with van der Waals surface area (Å²) >= 11 is 1.99. The van der Waals surface area contributed by atoms with Crippen LogP contribution < -0.4 is 4.90 Å². The van der Waals surface area contributed by atoms with E-state index in [1.54, 1.807) is 0 Å². The largest absolute Gasteiger partial charge is 0.369 e. The van der Waals surface area contributed by atoms with Crippen LogP contribution >= 0.6 is 11.8 Å². The van der Waals surface area contributed by atoms with E-state index in [4.69, 9.17) is 0 Å². The molecule has 1 saturated heterocycles. The first kappa shape index (κ1) is 10.7. The summed E-state index contributed by atoms with van der Waals surface area (Å²) in [6, 6.07) is 3.38. The average molecular weight is 226 g/mol. The Labute approximate surface area is 93.9 Å². The lowest BCUT2D eigenvalue weighted by Crippen LogP contribution is -2.40. The second kappa shape index (κ2) is 4.39. The van der Waals surface area contributed by atoms with Crippen molar-refractivity contribution in [1.29, 1.82) is 0 Å². The molecule has 0 saturated carbocycles. The molecular formula is C11H15FN2S. The topological polar surface area (TPSA) is 16.1 Å². The molecule has 2 nitrogen and oxygen atoms in total. The lowest BCUT2D eigenvalue weighted by molar-refractivity contribution is 0.582. The lowest BCUT2D eigenvalue weighted by Gasteiger charge is -2.36. The lowest BCUT2D eigenvalue weighted by atomic mass is 10.3. The van der Waals surface area contributed by atoms with Crippen molar-refractivity contribution in [2.75, 3.05) is 18.0 Å². The van der Waals surface area contributed by atoms with Gasteiger partial charge in [-0.1, -0.05) is 13.8 Å². The molecule has 2 atom stereocenters. The molecule has 2 unspecified atom stereocenters. The van der Waals surface area contributed by atoms with Crippen LogP contribution in [-0.4, -0.2) is 28.6 Å². The number of anilines is 1. The Morgan fingerprint density at radius 3 is 2.67 bits per heavy atom. The van der Waals surface area contributed by atoms with Crippen LogP contribution in [0.4, 0.5) is 10.1 Å². The van der Waals surface area contributed by atoms with Crippen molar-refractivity contribution in [3.8, 4) is 0 Å². The van der Waals surface area contributed by atoms with E-state index in [-0.39, 0.29) is 0 Å². The van der Waals surface area contributed by atoms with Gasteiger partial charge in [-0.05, 0) is 6.07 Å². The maximum absolute atomic E-state index is 13.0. The molecule has 1 aliphatic rings. The fraction of sp³-hybridized carbons (Fsp3) is 0.545. The molecule has 1 aliphatic heterocycles. The summed E-state index contributed by atoms with van der Waals surface area (Å²) in [5, 5.41) is 1.20. The Kier molecular flexibility index (Phi) is 3.14. The maximum atomic E-state index is 13.0. The van der Waals surface area contributed by atoms with Gasteiger partial charge in [-0.2, -0.15) is 16.2 Å². The second-order valence-corrected chi connectivity index (χ2v) is 5.88. The van der Waals surface area contributed by atoms with E-state index in [1.807, 2.05) is 17.8 Å². The third-order valence-electron chi connectivity index (χ3n) is 2.49. The zero-order valence-corrected chi connectivity index (χ0v) is 9.80. The summed E-state index contributed by atoms with van der Waals surface area (Å²) in [5.41, 5.74) is 0.946. The third kappa shape index (κ3) is 2.62. The molecule has 0 aromatic carbocycles. The van der Waals surface area contributed by atoms with Crippen LogP contribution in [0.25, 0.3) is 0 Å². The number of hydrogen-bond acceptors (Lipinski definition) is 3. The summed E-state index contributed by atoms with van der Waals surface area (Å²) in [7, 11) is 0. The fourth-order valence-corrected chi connectivity index (χ4v) is 3.30. The highest BCUT2D eigenvalue weighted by Gasteiger charge is 2.22. The van der Waals surface area contributed by atoms with Gasteiger partial charge >= 0.3 is 0 Å². The van der Waals surface area contributed by atoms with Gasteiger partial charge in [0.15, 0.2) is 0 Å². The predicted octanol–water partition coefficient (Wildman–Crippen LogP) is 2.55. The van der Waals surface area contributed by atoms with Crippen LogP contribution in [0, 0.1) is 5.95 Å². The Balaban J connectivity index is 2.16. The van der Waals surface area contributed by atoms with Gasteiger partial charge in [-0.25, -0.2) is 4.98 Å². The molecular weight excluding hydrogens is 211 g/mol. The van der Waals surface area contributed by atoms with Gasteiger partial charge in [0.25, 0.3) is 0 Å². The van der Waals surface area contributed by atoms with Crippen molar-refractivity contribution in [2.24, 2.45) is 0 Å². The predicted molar refractivity (Wildman–Crippen MR) is 62.9 cm³/mol. The molecule has 0 N–H and O–H groups in total. The first-order chi connectivity index (χ1) is 7.15. The van der Waals surface area contributed by atoms with Crippen molar-refractivity contribution in [2.45, 2.75) is 24.3 Å². The van der Waals surface area contributed by atoms with E-state index < -0.39 is 5.95 Å². The molecule has 1 aromatic rings. The minimum atomic E-state index is -0.397. The number of nitrogens with zero attached hydrogens (tertiary/aromatic N) is 2. The zero-order valence-electron chi connectivity index (χ0n) is 8.98. The van der Waals surface area contributed by atoms with Crippen molar-refractivity contribution in [3.05, 3.63) is 24.3 Å². The molecule has 2 rings (SSSR count). The summed E-state index contributed by atoms with van der Waals surface area (Å²) in [5.74, 6) is -0.397. The minimum Gasteiger partial charge on any atom is -0.369 e. The van der Waals surface area contributed by atoms with Crippen molar-refractivity contribution in [1.82, 2.24) is 4.98 Å². The highest BCUT2D eigenvalue weighted by Crippen LogP contribution is 2.28. The van der Waals surface area contributed by atoms with Gasteiger partial charge in [0.2, 0.25) is 5.95 Å². The van der Waals surface area contributed by atoms with E-state index in [2.05, 4.69) is 23.7 Å². The molecule has 15 heavy (non-hydrogen) atoms. The van der Waals surface area contributed by atoms with Crippen LogP contribution in [0.15, 0.2) is 18.3 Å². The Hall–Kier alpha value is -0.770. The molecule has 1 fully saturated rings.